The molecule has 0 radical (unpaired) electrons. The first-order valence-corrected chi connectivity index (χ1v) is 7.09. The number of aromatic nitrogens is 2. The van der Waals surface area contributed by atoms with Crippen LogP contribution in [0.5, 0.6) is 0 Å². The normalized spacial score (nSPS) is 10.8. The smallest absolute Gasteiger partial charge is 0.339 e. The maximum absolute atomic E-state index is 11.3. The second kappa shape index (κ2) is 5.69. The van der Waals surface area contributed by atoms with Gasteiger partial charge in [-0.15, -0.1) is 0 Å². The van der Waals surface area contributed by atoms with Crippen molar-refractivity contribution in [1.82, 2.24) is 9.55 Å². The van der Waals surface area contributed by atoms with E-state index in [1.807, 2.05) is 43.6 Å². The van der Waals surface area contributed by atoms with Crippen LogP contribution in [0.25, 0.3) is 10.9 Å². The van der Waals surface area contributed by atoms with Gasteiger partial charge in [0.2, 0.25) is 0 Å². The van der Waals surface area contributed by atoms with Crippen LogP contribution in [-0.4, -0.2) is 20.6 Å². The van der Waals surface area contributed by atoms with E-state index < -0.39 is 5.97 Å². The molecule has 3 aromatic rings. The van der Waals surface area contributed by atoms with Gasteiger partial charge in [0.15, 0.2) is 0 Å². The molecule has 0 aliphatic carbocycles. The molecule has 0 fully saturated rings. The molecular weight excluding hydrogens is 302 g/mol. The molecule has 0 unspecified atom stereocenters. The maximum Gasteiger partial charge on any atom is 0.339 e. The molecule has 0 aliphatic rings. The van der Waals surface area contributed by atoms with Gasteiger partial charge in [0.1, 0.15) is 11.4 Å². The minimum absolute atomic E-state index is 0.191. The van der Waals surface area contributed by atoms with E-state index in [9.17, 15) is 9.90 Å². The van der Waals surface area contributed by atoms with Crippen molar-refractivity contribution in [2.45, 2.75) is 6.54 Å². The summed E-state index contributed by atoms with van der Waals surface area (Å²) in [7, 11) is 1.82. The maximum atomic E-state index is 11.3. The van der Waals surface area contributed by atoms with Crippen LogP contribution in [0, 0.1) is 0 Å². The molecule has 0 bridgehead atoms. The quantitative estimate of drug-likeness (QED) is 0.773. The molecule has 112 valence electrons. The molecule has 3 rings (SSSR count). The van der Waals surface area contributed by atoms with E-state index in [1.165, 1.54) is 6.20 Å². The van der Waals surface area contributed by atoms with Crippen LogP contribution in [0.4, 0.5) is 5.82 Å². The number of benzene rings is 1. The number of hydrogen-bond donors (Lipinski definition) is 2. The average Bonchev–Trinajstić information content (AvgIpc) is 2.87. The van der Waals surface area contributed by atoms with Crippen LogP contribution in [0.15, 0.2) is 42.7 Å². The zero-order valence-corrected chi connectivity index (χ0v) is 12.6. The highest BCUT2D eigenvalue weighted by atomic mass is 35.5. The number of anilines is 1. The van der Waals surface area contributed by atoms with Gasteiger partial charge in [0, 0.05) is 36.4 Å². The number of pyridine rings is 1. The Morgan fingerprint density at radius 2 is 2.23 bits per heavy atom. The van der Waals surface area contributed by atoms with Crippen molar-refractivity contribution in [2.24, 2.45) is 7.05 Å². The molecule has 0 saturated carbocycles. The third-order valence-corrected chi connectivity index (χ3v) is 3.72. The fourth-order valence-corrected chi connectivity index (χ4v) is 2.66. The summed E-state index contributed by atoms with van der Waals surface area (Å²) < 4.78 is 1.78. The third-order valence-electron chi connectivity index (χ3n) is 3.49. The predicted octanol–water partition coefficient (Wildman–Crippen LogP) is 3.54. The zero-order valence-electron chi connectivity index (χ0n) is 11.9. The first-order chi connectivity index (χ1) is 10.6. The summed E-state index contributed by atoms with van der Waals surface area (Å²) in [5.74, 6) is -0.332. The minimum Gasteiger partial charge on any atom is -0.478 e. The number of rotatable bonds is 4. The van der Waals surface area contributed by atoms with E-state index in [0.29, 0.717) is 22.9 Å². The highest BCUT2D eigenvalue weighted by molar-refractivity contribution is 6.30. The van der Waals surface area contributed by atoms with Crippen molar-refractivity contribution < 1.29 is 9.90 Å². The second-order valence-corrected chi connectivity index (χ2v) is 5.43. The second-order valence-electron chi connectivity index (χ2n) is 5.00. The van der Waals surface area contributed by atoms with Crippen LogP contribution < -0.4 is 5.32 Å². The number of carboxylic acid groups (broad SMARTS) is 1. The molecular formula is C16H14ClN3O2. The Hall–Kier alpha value is -2.53. The zero-order chi connectivity index (χ0) is 15.7. The van der Waals surface area contributed by atoms with Gasteiger partial charge in [-0.05, 0) is 23.8 Å². The largest absolute Gasteiger partial charge is 0.478 e. The topological polar surface area (TPSA) is 67.2 Å². The first kappa shape index (κ1) is 14.4. The number of carbonyl (C=O) groups is 1. The molecule has 0 atom stereocenters. The molecule has 0 aliphatic heterocycles. The van der Waals surface area contributed by atoms with Gasteiger partial charge in [0.25, 0.3) is 0 Å². The van der Waals surface area contributed by atoms with E-state index in [1.54, 1.807) is 4.57 Å². The van der Waals surface area contributed by atoms with Crippen LogP contribution in [0.2, 0.25) is 5.02 Å². The van der Waals surface area contributed by atoms with E-state index in [2.05, 4.69) is 10.3 Å². The lowest BCUT2D eigenvalue weighted by Gasteiger charge is -2.09. The molecule has 22 heavy (non-hydrogen) atoms. The van der Waals surface area contributed by atoms with E-state index in [4.69, 9.17) is 11.6 Å². The number of aryl methyl sites for hydroxylation is 1. The van der Waals surface area contributed by atoms with Gasteiger partial charge in [-0.2, -0.15) is 0 Å². The Labute approximate surface area is 132 Å². The SMILES string of the molecule is Cn1ccc2c(NCc3cccc(Cl)c3)ncc(C(=O)O)c21. The van der Waals surface area contributed by atoms with Gasteiger partial charge in [-0.1, -0.05) is 23.7 Å². The summed E-state index contributed by atoms with van der Waals surface area (Å²) in [4.78, 5) is 15.5. The highest BCUT2D eigenvalue weighted by Crippen LogP contribution is 2.26. The van der Waals surface area contributed by atoms with Crippen LogP contribution in [-0.2, 0) is 13.6 Å². The molecule has 0 saturated heterocycles. The Morgan fingerprint density at radius 3 is 2.95 bits per heavy atom. The number of aromatic carboxylic acids is 1. The number of nitrogens with one attached hydrogen (secondary N) is 1. The summed E-state index contributed by atoms with van der Waals surface area (Å²) in [5.41, 5.74) is 1.87. The molecule has 0 amide bonds. The van der Waals surface area contributed by atoms with Crippen molar-refractivity contribution >= 4 is 34.3 Å². The summed E-state index contributed by atoms with van der Waals surface area (Å²) in [6.07, 6.45) is 3.20. The molecule has 0 spiro atoms. The molecule has 6 heteroatoms. The fraction of sp³-hybridized carbons (Fsp3) is 0.125. The number of carboxylic acids is 1. The van der Waals surface area contributed by atoms with Crippen molar-refractivity contribution in [1.29, 1.82) is 0 Å². The lowest BCUT2D eigenvalue weighted by atomic mass is 10.2. The molecule has 2 aromatic heterocycles. The van der Waals surface area contributed by atoms with E-state index in [-0.39, 0.29) is 5.56 Å². The summed E-state index contributed by atoms with van der Waals surface area (Å²) in [6, 6.07) is 9.41. The Balaban J connectivity index is 1.95. The van der Waals surface area contributed by atoms with Crippen molar-refractivity contribution in [2.75, 3.05) is 5.32 Å². The first-order valence-electron chi connectivity index (χ1n) is 6.72. The van der Waals surface area contributed by atoms with Gasteiger partial charge < -0.3 is 15.0 Å². The predicted molar refractivity (Wildman–Crippen MR) is 86.5 cm³/mol. The molecule has 5 nitrogen and oxygen atoms in total. The fourth-order valence-electron chi connectivity index (χ4n) is 2.45. The summed E-state index contributed by atoms with van der Waals surface area (Å²) >= 11 is 5.97. The number of fused-ring (bicyclic) bond motifs is 1. The molecule has 2 heterocycles. The molecule has 1 aromatic carbocycles. The number of hydrogen-bond acceptors (Lipinski definition) is 3. The minimum atomic E-state index is -0.985. The Kier molecular flexibility index (Phi) is 3.73. The monoisotopic (exact) mass is 315 g/mol. The number of nitrogens with zero attached hydrogens (tertiary/aromatic N) is 2. The van der Waals surface area contributed by atoms with Crippen molar-refractivity contribution in [3.05, 3.63) is 58.9 Å². The van der Waals surface area contributed by atoms with Crippen LogP contribution >= 0.6 is 11.6 Å². The van der Waals surface area contributed by atoms with Gasteiger partial charge in [-0.25, -0.2) is 9.78 Å². The lowest BCUT2D eigenvalue weighted by molar-refractivity contribution is 0.0698. The standard InChI is InChI=1S/C16H14ClN3O2/c1-20-6-5-12-14(20)13(16(21)22)9-19-15(12)18-8-10-3-2-4-11(17)7-10/h2-7,9H,8H2,1H3,(H,18,19)(H,21,22). The van der Waals surface area contributed by atoms with E-state index >= 15 is 0 Å². The van der Waals surface area contributed by atoms with Gasteiger partial charge in [0.05, 0.1) is 5.52 Å². The Morgan fingerprint density at radius 1 is 1.41 bits per heavy atom. The van der Waals surface area contributed by atoms with Crippen LogP contribution in [0.3, 0.4) is 0 Å². The van der Waals surface area contributed by atoms with Crippen molar-refractivity contribution in [3.8, 4) is 0 Å². The van der Waals surface area contributed by atoms with Crippen molar-refractivity contribution in [3.63, 3.8) is 0 Å². The highest BCUT2D eigenvalue weighted by Gasteiger charge is 2.15. The van der Waals surface area contributed by atoms with Gasteiger partial charge >= 0.3 is 5.97 Å². The van der Waals surface area contributed by atoms with E-state index in [0.717, 1.165) is 10.9 Å². The number of halogens is 1. The van der Waals surface area contributed by atoms with Crippen LogP contribution in [0.1, 0.15) is 15.9 Å². The lowest BCUT2D eigenvalue weighted by Crippen LogP contribution is -2.06. The van der Waals surface area contributed by atoms with Gasteiger partial charge in [-0.3, -0.25) is 0 Å². The average molecular weight is 316 g/mol. The Bertz CT molecular complexity index is 858. The summed E-state index contributed by atoms with van der Waals surface area (Å²) in [6.45, 7) is 0.559. The summed E-state index contributed by atoms with van der Waals surface area (Å²) in [5, 5.41) is 14.0. The molecule has 2 N–H and O–H groups in total. The third kappa shape index (κ3) is 2.63.